The van der Waals surface area contributed by atoms with E-state index in [1.54, 1.807) is 7.05 Å². The summed E-state index contributed by atoms with van der Waals surface area (Å²) in [5.74, 6) is -1.15. The summed E-state index contributed by atoms with van der Waals surface area (Å²) >= 11 is 1.90. The van der Waals surface area contributed by atoms with Gasteiger partial charge in [-0.3, -0.25) is 9.59 Å². The van der Waals surface area contributed by atoms with Gasteiger partial charge in [-0.2, -0.15) is 0 Å². The molecule has 2 aromatic carbocycles. The highest BCUT2D eigenvalue weighted by atomic mass is 32.2. The molecule has 1 fully saturated rings. The fourth-order valence-corrected chi connectivity index (χ4v) is 4.46. The number of anilines is 1. The van der Waals surface area contributed by atoms with Gasteiger partial charge in [-0.25, -0.2) is 0 Å². The summed E-state index contributed by atoms with van der Waals surface area (Å²) in [4.78, 5) is 27.2. The Bertz CT molecular complexity index is 781. The van der Waals surface area contributed by atoms with E-state index < -0.39 is 11.8 Å². The van der Waals surface area contributed by atoms with Gasteiger partial charge >= 0.3 is 11.8 Å². The summed E-state index contributed by atoms with van der Waals surface area (Å²) in [6, 6.07) is 15.7. The van der Waals surface area contributed by atoms with Crippen molar-refractivity contribution in [2.24, 2.45) is 0 Å². The predicted octanol–water partition coefficient (Wildman–Crippen LogP) is 4.63. The van der Waals surface area contributed by atoms with Gasteiger partial charge in [-0.05, 0) is 49.6 Å². The number of amides is 2. The molecule has 2 aromatic rings. The molecule has 1 aliphatic rings. The minimum Gasteiger partial charge on any atom is -0.333 e. The maximum Gasteiger partial charge on any atom is 0.313 e. The van der Waals surface area contributed by atoms with E-state index in [4.69, 9.17) is 0 Å². The Balaban J connectivity index is 1.52. The molecule has 1 aliphatic carbocycles. The molecule has 0 bridgehead atoms. The average Bonchev–Trinajstić information content (AvgIpc) is 3.17. The summed E-state index contributed by atoms with van der Waals surface area (Å²) in [5.41, 5.74) is 2.81. The molecule has 4 nitrogen and oxygen atoms in total. The molecule has 0 heterocycles. The third-order valence-corrected chi connectivity index (χ3v) is 6.15. The third-order valence-electron chi connectivity index (χ3n) is 4.80. The summed E-state index contributed by atoms with van der Waals surface area (Å²) in [6.07, 6.45) is 5.21. The number of carbonyl (C=O) groups excluding carboxylic acids is 2. The van der Waals surface area contributed by atoms with Crippen LogP contribution in [0.3, 0.4) is 0 Å². The first-order valence-electron chi connectivity index (χ1n) is 9.40. The van der Waals surface area contributed by atoms with Crippen LogP contribution in [-0.4, -0.2) is 29.0 Å². The molecule has 0 radical (unpaired) electrons. The van der Waals surface area contributed by atoms with E-state index in [-0.39, 0.29) is 0 Å². The van der Waals surface area contributed by atoms with E-state index in [1.807, 2.05) is 67.2 Å². The molecular weight excluding hydrogens is 356 g/mol. The van der Waals surface area contributed by atoms with Crippen LogP contribution in [0.25, 0.3) is 0 Å². The van der Waals surface area contributed by atoms with Crippen molar-refractivity contribution in [2.45, 2.75) is 49.3 Å². The first kappa shape index (κ1) is 19.5. The summed E-state index contributed by atoms with van der Waals surface area (Å²) in [6.45, 7) is 2.42. The molecule has 1 saturated carbocycles. The zero-order valence-electron chi connectivity index (χ0n) is 15.9. The first-order chi connectivity index (χ1) is 13.0. The van der Waals surface area contributed by atoms with Gasteiger partial charge in [0.25, 0.3) is 0 Å². The van der Waals surface area contributed by atoms with Gasteiger partial charge in [0.2, 0.25) is 0 Å². The lowest BCUT2D eigenvalue weighted by molar-refractivity contribution is -0.142. The Morgan fingerprint density at radius 2 is 1.67 bits per heavy atom. The predicted molar refractivity (Wildman–Crippen MR) is 111 cm³/mol. The first-order valence-corrected chi connectivity index (χ1v) is 10.3. The lowest BCUT2D eigenvalue weighted by Gasteiger charge is -2.17. The Labute approximate surface area is 165 Å². The van der Waals surface area contributed by atoms with Crippen molar-refractivity contribution in [3.8, 4) is 0 Å². The van der Waals surface area contributed by atoms with Crippen LogP contribution in [0.4, 0.5) is 5.69 Å². The van der Waals surface area contributed by atoms with Crippen LogP contribution in [0.2, 0.25) is 0 Å². The maximum atomic E-state index is 12.3. The lowest BCUT2D eigenvalue weighted by atomic mass is 10.1. The SMILES string of the molecule is Cc1ccc(CN(C)C(=O)C(=O)Nc2ccc(SC3CCCC3)cc2)cc1. The van der Waals surface area contributed by atoms with Crippen molar-refractivity contribution < 1.29 is 9.59 Å². The molecule has 0 atom stereocenters. The number of likely N-dealkylation sites (N-methyl/N-ethyl adjacent to an activating group) is 1. The highest BCUT2D eigenvalue weighted by Gasteiger charge is 2.19. The van der Waals surface area contributed by atoms with Gasteiger partial charge in [-0.15, -0.1) is 11.8 Å². The average molecular weight is 383 g/mol. The molecule has 1 N–H and O–H groups in total. The molecule has 5 heteroatoms. The van der Waals surface area contributed by atoms with Crippen LogP contribution in [-0.2, 0) is 16.1 Å². The number of rotatable bonds is 5. The van der Waals surface area contributed by atoms with Crippen molar-refractivity contribution in [2.75, 3.05) is 12.4 Å². The molecule has 0 saturated heterocycles. The van der Waals surface area contributed by atoms with Gasteiger partial charge in [-0.1, -0.05) is 42.7 Å². The number of benzene rings is 2. The Morgan fingerprint density at radius 3 is 2.30 bits per heavy atom. The number of carbonyl (C=O) groups is 2. The van der Waals surface area contributed by atoms with Gasteiger partial charge in [0.1, 0.15) is 0 Å². The van der Waals surface area contributed by atoms with Crippen LogP contribution in [0.1, 0.15) is 36.8 Å². The van der Waals surface area contributed by atoms with E-state index in [0.717, 1.165) is 5.56 Å². The number of hydrogen-bond donors (Lipinski definition) is 1. The molecule has 0 spiro atoms. The molecule has 0 aromatic heterocycles. The fourth-order valence-electron chi connectivity index (χ4n) is 3.21. The number of nitrogens with one attached hydrogen (secondary N) is 1. The largest absolute Gasteiger partial charge is 0.333 e. The van der Waals surface area contributed by atoms with E-state index in [0.29, 0.717) is 17.5 Å². The summed E-state index contributed by atoms with van der Waals surface area (Å²) in [5, 5.41) is 3.41. The van der Waals surface area contributed by atoms with Gasteiger partial charge in [0.15, 0.2) is 0 Å². The van der Waals surface area contributed by atoms with E-state index >= 15 is 0 Å². The Kier molecular flexibility index (Phi) is 6.56. The van der Waals surface area contributed by atoms with E-state index in [9.17, 15) is 9.59 Å². The lowest BCUT2D eigenvalue weighted by Crippen LogP contribution is -2.36. The molecule has 2 amide bonds. The maximum absolute atomic E-state index is 12.3. The second kappa shape index (κ2) is 9.09. The van der Waals surface area contributed by atoms with Gasteiger partial charge in [0, 0.05) is 29.4 Å². The fraction of sp³-hybridized carbons (Fsp3) is 0.364. The zero-order chi connectivity index (χ0) is 19.2. The molecule has 27 heavy (non-hydrogen) atoms. The van der Waals surface area contributed by atoms with Crippen LogP contribution < -0.4 is 5.32 Å². The zero-order valence-corrected chi connectivity index (χ0v) is 16.7. The highest BCUT2D eigenvalue weighted by molar-refractivity contribution is 8.00. The van der Waals surface area contributed by atoms with Crippen LogP contribution >= 0.6 is 11.8 Å². The van der Waals surface area contributed by atoms with Crippen molar-refractivity contribution in [1.29, 1.82) is 0 Å². The minimum absolute atomic E-state index is 0.406. The van der Waals surface area contributed by atoms with Crippen LogP contribution in [0.5, 0.6) is 0 Å². The van der Waals surface area contributed by atoms with E-state index in [2.05, 4.69) is 5.32 Å². The Hall–Kier alpha value is -2.27. The summed E-state index contributed by atoms with van der Waals surface area (Å²) < 4.78 is 0. The molecule has 0 aliphatic heterocycles. The van der Waals surface area contributed by atoms with Gasteiger partial charge < -0.3 is 10.2 Å². The van der Waals surface area contributed by atoms with Crippen molar-refractivity contribution in [3.63, 3.8) is 0 Å². The molecule has 3 rings (SSSR count). The highest BCUT2D eigenvalue weighted by Crippen LogP contribution is 2.34. The Morgan fingerprint density at radius 1 is 1.04 bits per heavy atom. The normalized spacial score (nSPS) is 14.1. The van der Waals surface area contributed by atoms with Crippen LogP contribution in [0.15, 0.2) is 53.4 Å². The standard InChI is InChI=1S/C22H26N2O2S/c1-16-7-9-17(10-8-16)15-24(2)22(26)21(25)23-18-11-13-20(14-12-18)27-19-5-3-4-6-19/h7-14,19H,3-6,15H2,1-2H3,(H,23,25). The second-order valence-electron chi connectivity index (χ2n) is 7.15. The molecular formula is C22H26N2O2S. The second-order valence-corrected chi connectivity index (χ2v) is 8.52. The summed E-state index contributed by atoms with van der Waals surface area (Å²) in [7, 11) is 1.64. The number of aryl methyl sites for hydroxylation is 1. The van der Waals surface area contributed by atoms with Gasteiger partial charge in [0.05, 0.1) is 0 Å². The number of hydrogen-bond acceptors (Lipinski definition) is 3. The molecule has 0 unspecified atom stereocenters. The number of nitrogens with zero attached hydrogens (tertiary/aromatic N) is 1. The van der Waals surface area contributed by atoms with Crippen molar-refractivity contribution >= 4 is 29.3 Å². The topological polar surface area (TPSA) is 49.4 Å². The minimum atomic E-state index is -0.610. The quantitative estimate of drug-likeness (QED) is 0.767. The van der Waals surface area contributed by atoms with Crippen LogP contribution in [0, 0.1) is 6.92 Å². The monoisotopic (exact) mass is 382 g/mol. The smallest absolute Gasteiger partial charge is 0.313 e. The number of thioether (sulfide) groups is 1. The third kappa shape index (κ3) is 5.60. The van der Waals surface area contributed by atoms with Crippen molar-refractivity contribution in [1.82, 2.24) is 4.90 Å². The van der Waals surface area contributed by atoms with E-state index in [1.165, 1.54) is 41.0 Å². The van der Waals surface area contributed by atoms with Crippen molar-refractivity contribution in [3.05, 3.63) is 59.7 Å². The molecule has 142 valence electrons.